The standard InChI is InChI=1S/C25H31ClF3N3O4S/c1-4-22(24(34)30-5-2)31(17-18-10-6-7-13-21(18)26)23(33)14-9-15-32(37(3,35)36)20-12-8-11-19(16-20)25(27,28)29/h6-8,10-13,16,22H,4-5,9,14-15,17H2,1-3H3,(H,30,34)/t22-/m0/s1. The summed E-state index contributed by atoms with van der Waals surface area (Å²) >= 11 is 6.28. The zero-order valence-corrected chi connectivity index (χ0v) is 22.5. The van der Waals surface area contributed by atoms with Crippen molar-refractivity contribution >= 4 is 39.1 Å². The van der Waals surface area contributed by atoms with E-state index in [-0.39, 0.29) is 37.5 Å². The van der Waals surface area contributed by atoms with Gasteiger partial charge in [0.25, 0.3) is 0 Å². The van der Waals surface area contributed by atoms with E-state index in [0.29, 0.717) is 23.6 Å². The molecule has 0 unspecified atom stereocenters. The first-order valence-corrected chi connectivity index (χ1v) is 14.0. The lowest BCUT2D eigenvalue weighted by atomic mass is 10.1. The van der Waals surface area contributed by atoms with Crippen molar-refractivity contribution < 1.29 is 31.2 Å². The fourth-order valence-electron chi connectivity index (χ4n) is 3.86. The SMILES string of the molecule is CCNC(=O)[C@H](CC)N(Cc1ccccc1Cl)C(=O)CCCN(c1cccc(C(F)(F)F)c1)S(C)(=O)=O. The number of benzene rings is 2. The number of nitrogens with one attached hydrogen (secondary N) is 1. The highest BCUT2D eigenvalue weighted by atomic mass is 35.5. The Morgan fingerprint density at radius 1 is 1.08 bits per heavy atom. The van der Waals surface area contributed by atoms with Crippen LogP contribution < -0.4 is 9.62 Å². The highest BCUT2D eigenvalue weighted by Crippen LogP contribution is 2.32. The van der Waals surface area contributed by atoms with Gasteiger partial charge in [0.1, 0.15) is 6.04 Å². The number of hydrogen-bond donors (Lipinski definition) is 1. The smallest absolute Gasteiger partial charge is 0.355 e. The van der Waals surface area contributed by atoms with Crippen molar-refractivity contribution in [3.63, 3.8) is 0 Å². The Balaban J connectivity index is 2.25. The van der Waals surface area contributed by atoms with Gasteiger partial charge in [-0.05, 0) is 49.6 Å². The van der Waals surface area contributed by atoms with E-state index in [2.05, 4.69) is 5.32 Å². The molecule has 2 amide bonds. The molecule has 12 heteroatoms. The molecule has 0 aliphatic rings. The molecule has 204 valence electrons. The minimum atomic E-state index is -4.64. The summed E-state index contributed by atoms with van der Waals surface area (Å²) in [5, 5.41) is 3.15. The fraction of sp³-hybridized carbons (Fsp3) is 0.440. The third-order valence-electron chi connectivity index (χ3n) is 5.65. The van der Waals surface area contributed by atoms with Crippen LogP contribution in [0.15, 0.2) is 48.5 Å². The first-order chi connectivity index (χ1) is 17.3. The highest BCUT2D eigenvalue weighted by molar-refractivity contribution is 7.92. The van der Waals surface area contributed by atoms with Gasteiger partial charge < -0.3 is 10.2 Å². The van der Waals surface area contributed by atoms with Crippen LogP contribution in [0, 0.1) is 0 Å². The molecule has 1 N–H and O–H groups in total. The Bertz CT molecular complexity index is 1190. The van der Waals surface area contributed by atoms with E-state index in [1.165, 1.54) is 11.0 Å². The Hall–Kier alpha value is -2.79. The number of alkyl halides is 3. The van der Waals surface area contributed by atoms with Gasteiger partial charge >= 0.3 is 6.18 Å². The predicted octanol–water partition coefficient (Wildman–Crippen LogP) is 4.85. The monoisotopic (exact) mass is 561 g/mol. The van der Waals surface area contributed by atoms with E-state index >= 15 is 0 Å². The summed E-state index contributed by atoms with van der Waals surface area (Å²) < 4.78 is 65.1. The Morgan fingerprint density at radius 2 is 1.76 bits per heavy atom. The zero-order valence-electron chi connectivity index (χ0n) is 20.9. The lowest BCUT2D eigenvalue weighted by Gasteiger charge is -2.31. The normalized spacial score (nSPS) is 12.6. The predicted molar refractivity (Wildman–Crippen MR) is 138 cm³/mol. The van der Waals surface area contributed by atoms with Gasteiger partial charge in [0, 0.05) is 31.1 Å². The summed E-state index contributed by atoms with van der Waals surface area (Å²) in [5.41, 5.74) is -0.484. The second kappa shape index (κ2) is 13.1. The van der Waals surface area contributed by atoms with Gasteiger partial charge in [0.05, 0.1) is 17.5 Å². The van der Waals surface area contributed by atoms with E-state index in [1.54, 1.807) is 38.1 Å². The average Bonchev–Trinajstić information content (AvgIpc) is 2.81. The maximum atomic E-state index is 13.3. The van der Waals surface area contributed by atoms with Crippen LogP contribution >= 0.6 is 11.6 Å². The molecule has 2 aromatic rings. The molecule has 0 radical (unpaired) electrons. The minimum Gasteiger partial charge on any atom is -0.355 e. The number of amides is 2. The summed E-state index contributed by atoms with van der Waals surface area (Å²) in [6, 6.07) is 10.1. The molecule has 0 saturated heterocycles. The lowest BCUT2D eigenvalue weighted by molar-refractivity contribution is -0.141. The number of carbonyl (C=O) groups excluding carboxylic acids is 2. The number of halogens is 4. The molecule has 0 bridgehead atoms. The van der Waals surface area contributed by atoms with Gasteiger partial charge in [-0.15, -0.1) is 0 Å². The van der Waals surface area contributed by atoms with Crippen LogP contribution in [0.25, 0.3) is 0 Å². The first-order valence-electron chi connectivity index (χ1n) is 11.7. The average molecular weight is 562 g/mol. The van der Waals surface area contributed by atoms with Crippen LogP contribution in [-0.4, -0.2) is 50.5 Å². The van der Waals surface area contributed by atoms with Crippen molar-refractivity contribution in [2.75, 3.05) is 23.7 Å². The molecule has 1 atom stereocenters. The van der Waals surface area contributed by atoms with Gasteiger partial charge in [-0.2, -0.15) is 13.2 Å². The van der Waals surface area contributed by atoms with E-state index in [0.717, 1.165) is 28.8 Å². The third kappa shape index (κ3) is 8.63. The van der Waals surface area contributed by atoms with Crippen LogP contribution in [0.5, 0.6) is 0 Å². The van der Waals surface area contributed by atoms with E-state index in [9.17, 15) is 31.2 Å². The van der Waals surface area contributed by atoms with E-state index in [4.69, 9.17) is 11.6 Å². The lowest BCUT2D eigenvalue weighted by Crippen LogP contribution is -2.49. The van der Waals surface area contributed by atoms with Crippen molar-refractivity contribution in [1.82, 2.24) is 10.2 Å². The van der Waals surface area contributed by atoms with Crippen molar-refractivity contribution in [3.8, 4) is 0 Å². The van der Waals surface area contributed by atoms with Crippen LogP contribution in [0.4, 0.5) is 18.9 Å². The Morgan fingerprint density at radius 3 is 2.32 bits per heavy atom. The third-order valence-corrected chi connectivity index (χ3v) is 7.21. The van der Waals surface area contributed by atoms with Crippen LogP contribution in [0.3, 0.4) is 0 Å². The molecule has 0 aliphatic heterocycles. The molecule has 2 aromatic carbocycles. The molecule has 0 aromatic heterocycles. The van der Waals surface area contributed by atoms with Crippen molar-refractivity contribution in [2.24, 2.45) is 0 Å². The molecule has 0 fully saturated rings. The van der Waals surface area contributed by atoms with Gasteiger partial charge in [-0.25, -0.2) is 8.42 Å². The first kappa shape index (κ1) is 30.4. The van der Waals surface area contributed by atoms with Crippen LogP contribution in [-0.2, 0) is 32.3 Å². The minimum absolute atomic E-state index is 0.0208. The summed E-state index contributed by atoms with van der Waals surface area (Å²) in [5.74, 6) is -0.734. The van der Waals surface area contributed by atoms with E-state index in [1.807, 2.05) is 0 Å². The number of nitrogens with zero attached hydrogens (tertiary/aromatic N) is 2. The van der Waals surface area contributed by atoms with Crippen LogP contribution in [0.2, 0.25) is 5.02 Å². The number of carbonyl (C=O) groups is 2. The summed E-state index contributed by atoms with van der Waals surface area (Å²) in [4.78, 5) is 27.4. The molecule has 37 heavy (non-hydrogen) atoms. The van der Waals surface area contributed by atoms with Crippen molar-refractivity contribution in [1.29, 1.82) is 0 Å². The number of rotatable bonds is 12. The molecule has 7 nitrogen and oxygen atoms in total. The molecule has 0 heterocycles. The Kier molecular flexibility index (Phi) is 10.8. The molecular formula is C25H31ClF3N3O4S. The second-order valence-electron chi connectivity index (χ2n) is 8.42. The quantitative estimate of drug-likeness (QED) is 0.401. The summed E-state index contributed by atoms with van der Waals surface area (Å²) in [6.07, 6.45) is -3.52. The maximum absolute atomic E-state index is 13.3. The number of anilines is 1. The Labute approximate surface area is 220 Å². The molecule has 2 rings (SSSR count). The van der Waals surface area contributed by atoms with Gasteiger partial charge in [0.15, 0.2) is 0 Å². The summed E-state index contributed by atoms with van der Waals surface area (Å²) in [7, 11) is -3.93. The largest absolute Gasteiger partial charge is 0.416 e. The van der Waals surface area contributed by atoms with Crippen molar-refractivity contribution in [3.05, 3.63) is 64.7 Å². The topological polar surface area (TPSA) is 86.8 Å². The number of sulfonamides is 1. The number of hydrogen-bond acceptors (Lipinski definition) is 4. The van der Waals surface area contributed by atoms with Gasteiger partial charge in [0.2, 0.25) is 21.8 Å². The van der Waals surface area contributed by atoms with Crippen LogP contribution in [0.1, 0.15) is 44.2 Å². The highest BCUT2D eigenvalue weighted by Gasteiger charge is 2.32. The zero-order chi connectivity index (χ0) is 27.8. The molecule has 0 aliphatic carbocycles. The van der Waals surface area contributed by atoms with Gasteiger partial charge in [-0.1, -0.05) is 42.8 Å². The molecule has 0 spiro atoms. The van der Waals surface area contributed by atoms with E-state index < -0.39 is 33.7 Å². The summed E-state index contributed by atoms with van der Waals surface area (Å²) in [6.45, 7) is 3.76. The fourth-order valence-corrected chi connectivity index (χ4v) is 5.02. The number of likely N-dealkylation sites (N-methyl/N-ethyl adjacent to an activating group) is 1. The van der Waals surface area contributed by atoms with Gasteiger partial charge in [-0.3, -0.25) is 13.9 Å². The molecule has 0 saturated carbocycles. The maximum Gasteiger partial charge on any atom is 0.416 e. The van der Waals surface area contributed by atoms with Crippen molar-refractivity contribution in [2.45, 2.75) is 51.9 Å². The second-order valence-corrected chi connectivity index (χ2v) is 10.7. The molecular weight excluding hydrogens is 531 g/mol.